The average Bonchev–Trinajstić information content (AvgIpc) is 2.28. The fourth-order valence-electron chi connectivity index (χ4n) is 1.81. The third-order valence-electron chi connectivity index (χ3n) is 2.70. The summed E-state index contributed by atoms with van der Waals surface area (Å²) in [4.78, 5) is 26.7. The minimum atomic E-state index is -0.353. The van der Waals surface area contributed by atoms with Gasteiger partial charge in [0, 0.05) is 32.1 Å². The summed E-state index contributed by atoms with van der Waals surface area (Å²) >= 11 is 5.57. The normalized spacial score (nSPS) is 17.1. The molecule has 92 valence electrons. The smallest absolute Gasteiger partial charge is 0.312 e. The Morgan fingerprint density at radius 1 is 1.06 bits per heavy atom. The van der Waals surface area contributed by atoms with E-state index in [-0.39, 0.29) is 11.8 Å². The standard InChI is InChI=1S/C11H19ClN2O2/c1-2-6-13-8-9-14(7-4-3-5-12)11(16)10(13)15/h2-9H2,1H3. The number of amides is 2. The minimum absolute atomic E-state index is 0.348. The highest BCUT2D eigenvalue weighted by Crippen LogP contribution is 2.07. The average molecular weight is 247 g/mol. The van der Waals surface area contributed by atoms with Crippen LogP contribution in [0, 0.1) is 0 Å². The van der Waals surface area contributed by atoms with Crippen LogP contribution in [0.2, 0.25) is 0 Å². The lowest BCUT2D eigenvalue weighted by molar-refractivity contribution is -0.156. The van der Waals surface area contributed by atoms with Crippen LogP contribution in [0.25, 0.3) is 0 Å². The van der Waals surface area contributed by atoms with E-state index < -0.39 is 0 Å². The van der Waals surface area contributed by atoms with Crippen molar-refractivity contribution in [2.75, 3.05) is 32.1 Å². The molecular weight excluding hydrogens is 228 g/mol. The molecule has 5 heteroatoms. The van der Waals surface area contributed by atoms with E-state index in [4.69, 9.17) is 11.6 Å². The largest absolute Gasteiger partial charge is 0.333 e. The Balaban J connectivity index is 2.42. The molecule has 0 atom stereocenters. The molecular formula is C11H19ClN2O2. The van der Waals surface area contributed by atoms with Crippen LogP contribution in [0.15, 0.2) is 0 Å². The summed E-state index contributed by atoms with van der Waals surface area (Å²) in [5.74, 6) is -0.0916. The Labute approximate surface area is 102 Å². The van der Waals surface area contributed by atoms with Gasteiger partial charge in [-0.25, -0.2) is 0 Å². The first-order valence-electron chi connectivity index (χ1n) is 5.84. The van der Waals surface area contributed by atoms with Gasteiger partial charge < -0.3 is 9.80 Å². The lowest BCUT2D eigenvalue weighted by Gasteiger charge is -2.33. The maximum Gasteiger partial charge on any atom is 0.312 e. The van der Waals surface area contributed by atoms with Gasteiger partial charge in [0.05, 0.1) is 0 Å². The van der Waals surface area contributed by atoms with Gasteiger partial charge in [-0.3, -0.25) is 9.59 Å². The molecule has 0 bridgehead atoms. The summed E-state index contributed by atoms with van der Waals surface area (Å²) in [6, 6.07) is 0. The molecule has 0 aromatic heterocycles. The maximum atomic E-state index is 11.7. The van der Waals surface area contributed by atoms with Crippen LogP contribution in [-0.2, 0) is 9.59 Å². The SMILES string of the molecule is CCCN1CCN(CCCCCl)C(=O)C1=O. The van der Waals surface area contributed by atoms with Crippen LogP contribution in [0.1, 0.15) is 26.2 Å². The Morgan fingerprint density at radius 3 is 2.12 bits per heavy atom. The number of alkyl halides is 1. The van der Waals surface area contributed by atoms with Crippen molar-refractivity contribution in [1.29, 1.82) is 0 Å². The molecule has 0 aliphatic carbocycles. The first-order chi connectivity index (χ1) is 7.70. The molecule has 1 saturated heterocycles. The topological polar surface area (TPSA) is 40.6 Å². The Bertz CT molecular complexity index is 258. The number of hydrogen-bond acceptors (Lipinski definition) is 2. The van der Waals surface area contributed by atoms with Crippen molar-refractivity contribution in [2.24, 2.45) is 0 Å². The van der Waals surface area contributed by atoms with Crippen molar-refractivity contribution < 1.29 is 9.59 Å². The molecule has 1 rings (SSSR count). The molecule has 0 radical (unpaired) electrons. The van der Waals surface area contributed by atoms with Crippen LogP contribution in [0.5, 0.6) is 0 Å². The van der Waals surface area contributed by atoms with Crippen molar-refractivity contribution in [3.05, 3.63) is 0 Å². The number of halogens is 1. The van der Waals surface area contributed by atoms with Gasteiger partial charge in [0.1, 0.15) is 0 Å². The van der Waals surface area contributed by atoms with Crippen LogP contribution in [-0.4, -0.2) is 53.7 Å². The van der Waals surface area contributed by atoms with Crippen molar-refractivity contribution >= 4 is 23.4 Å². The van der Waals surface area contributed by atoms with E-state index in [9.17, 15) is 9.59 Å². The molecule has 0 unspecified atom stereocenters. The highest BCUT2D eigenvalue weighted by molar-refractivity contribution is 6.35. The highest BCUT2D eigenvalue weighted by Gasteiger charge is 2.31. The van der Waals surface area contributed by atoms with Gasteiger partial charge in [-0.1, -0.05) is 6.92 Å². The molecule has 1 aliphatic heterocycles. The zero-order chi connectivity index (χ0) is 12.0. The zero-order valence-electron chi connectivity index (χ0n) is 9.75. The fourth-order valence-corrected chi connectivity index (χ4v) is 2.00. The summed E-state index contributed by atoms with van der Waals surface area (Å²) < 4.78 is 0. The summed E-state index contributed by atoms with van der Waals surface area (Å²) in [7, 11) is 0. The van der Waals surface area contributed by atoms with Crippen LogP contribution < -0.4 is 0 Å². The van der Waals surface area contributed by atoms with E-state index in [2.05, 4.69) is 0 Å². The number of piperazine rings is 1. The van der Waals surface area contributed by atoms with Gasteiger partial charge in [0.2, 0.25) is 0 Å². The van der Waals surface area contributed by atoms with Crippen molar-refractivity contribution in [3.8, 4) is 0 Å². The molecule has 0 spiro atoms. The fraction of sp³-hybridized carbons (Fsp3) is 0.818. The summed E-state index contributed by atoms with van der Waals surface area (Å²) in [5, 5.41) is 0. The second kappa shape index (κ2) is 6.74. The van der Waals surface area contributed by atoms with Crippen LogP contribution in [0.4, 0.5) is 0 Å². The van der Waals surface area contributed by atoms with Gasteiger partial charge in [-0.15, -0.1) is 11.6 Å². The second-order valence-electron chi connectivity index (χ2n) is 3.98. The number of rotatable bonds is 6. The van der Waals surface area contributed by atoms with Gasteiger partial charge in [-0.2, -0.15) is 0 Å². The lowest BCUT2D eigenvalue weighted by atomic mass is 10.2. The first-order valence-corrected chi connectivity index (χ1v) is 6.38. The van der Waals surface area contributed by atoms with E-state index in [0.717, 1.165) is 19.3 Å². The molecule has 0 saturated carbocycles. The van der Waals surface area contributed by atoms with Crippen molar-refractivity contribution in [2.45, 2.75) is 26.2 Å². The molecule has 1 aliphatic rings. The molecule has 0 aromatic carbocycles. The summed E-state index contributed by atoms with van der Waals surface area (Å²) in [6.45, 7) is 4.66. The van der Waals surface area contributed by atoms with E-state index in [1.807, 2.05) is 6.92 Å². The first kappa shape index (κ1) is 13.3. The molecule has 1 fully saturated rings. The quantitative estimate of drug-likeness (QED) is 0.400. The Hall–Kier alpha value is -0.770. The number of carbonyl (C=O) groups excluding carboxylic acids is 2. The maximum absolute atomic E-state index is 11.7. The number of unbranched alkanes of at least 4 members (excludes halogenated alkanes) is 1. The Kier molecular flexibility index (Phi) is 5.60. The molecule has 0 aromatic rings. The van der Waals surface area contributed by atoms with E-state index >= 15 is 0 Å². The van der Waals surface area contributed by atoms with Gasteiger partial charge in [0.25, 0.3) is 0 Å². The van der Waals surface area contributed by atoms with Crippen molar-refractivity contribution in [1.82, 2.24) is 9.80 Å². The van der Waals surface area contributed by atoms with Crippen LogP contribution in [0.3, 0.4) is 0 Å². The molecule has 1 heterocycles. The third kappa shape index (κ3) is 3.37. The molecule has 0 N–H and O–H groups in total. The molecule has 4 nitrogen and oxygen atoms in total. The lowest BCUT2D eigenvalue weighted by Crippen LogP contribution is -2.54. The number of nitrogens with zero attached hydrogens (tertiary/aromatic N) is 2. The summed E-state index contributed by atoms with van der Waals surface area (Å²) in [5.41, 5.74) is 0. The summed E-state index contributed by atoms with van der Waals surface area (Å²) in [6.07, 6.45) is 2.65. The monoisotopic (exact) mass is 246 g/mol. The van der Waals surface area contributed by atoms with Gasteiger partial charge >= 0.3 is 11.8 Å². The Morgan fingerprint density at radius 2 is 1.62 bits per heavy atom. The predicted octanol–water partition coefficient (Wildman–Crippen LogP) is 1.09. The van der Waals surface area contributed by atoms with Crippen LogP contribution >= 0.6 is 11.6 Å². The van der Waals surface area contributed by atoms with E-state index in [1.165, 1.54) is 0 Å². The number of carbonyl (C=O) groups is 2. The third-order valence-corrected chi connectivity index (χ3v) is 2.97. The van der Waals surface area contributed by atoms with E-state index in [1.54, 1.807) is 9.80 Å². The molecule has 2 amide bonds. The van der Waals surface area contributed by atoms with E-state index in [0.29, 0.717) is 32.1 Å². The van der Waals surface area contributed by atoms with Crippen molar-refractivity contribution in [3.63, 3.8) is 0 Å². The highest BCUT2D eigenvalue weighted by atomic mass is 35.5. The predicted molar refractivity (Wildman–Crippen MR) is 63.4 cm³/mol. The van der Waals surface area contributed by atoms with Gasteiger partial charge in [0.15, 0.2) is 0 Å². The minimum Gasteiger partial charge on any atom is -0.333 e. The second-order valence-corrected chi connectivity index (χ2v) is 4.36. The zero-order valence-corrected chi connectivity index (χ0v) is 10.5. The molecule has 16 heavy (non-hydrogen) atoms. The van der Waals surface area contributed by atoms with Gasteiger partial charge in [-0.05, 0) is 19.3 Å². The number of hydrogen-bond donors (Lipinski definition) is 0.